The van der Waals surface area contributed by atoms with Crippen molar-refractivity contribution in [2.75, 3.05) is 13.1 Å². The number of hydrogen-bond donors (Lipinski definition) is 1. The van der Waals surface area contributed by atoms with Crippen LogP contribution in [0, 0.1) is 11.8 Å². The highest BCUT2D eigenvalue weighted by molar-refractivity contribution is 4.95. The van der Waals surface area contributed by atoms with Gasteiger partial charge in [0, 0.05) is 25.6 Å². The lowest BCUT2D eigenvalue weighted by Crippen LogP contribution is -2.26. The Labute approximate surface area is 101 Å². The molecule has 1 aliphatic carbocycles. The Morgan fingerprint density at radius 2 is 2.29 bits per heavy atom. The van der Waals surface area contributed by atoms with E-state index in [1.807, 2.05) is 4.68 Å². The molecule has 17 heavy (non-hydrogen) atoms. The van der Waals surface area contributed by atoms with Crippen molar-refractivity contribution in [1.82, 2.24) is 19.7 Å². The molecule has 0 aromatic carbocycles. The molecule has 3 unspecified atom stereocenters. The smallest absolute Gasteiger partial charge is 0.140 e. The highest BCUT2D eigenvalue weighted by Crippen LogP contribution is 2.38. The van der Waals surface area contributed by atoms with Crippen molar-refractivity contribution in [3.05, 3.63) is 12.2 Å². The first-order valence-corrected chi connectivity index (χ1v) is 6.55. The maximum atomic E-state index is 9.88. The summed E-state index contributed by atoms with van der Waals surface area (Å²) in [5.74, 6) is 2.23. The van der Waals surface area contributed by atoms with Gasteiger partial charge in [0.2, 0.25) is 0 Å². The number of likely N-dealkylation sites (tertiary alicyclic amines) is 1. The normalized spacial score (nSPS) is 33.2. The van der Waals surface area contributed by atoms with Crippen molar-refractivity contribution in [2.24, 2.45) is 11.8 Å². The fourth-order valence-corrected chi connectivity index (χ4v) is 3.33. The molecule has 2 heterocycles. The number of rotatable bonds is 3. The topological polar surface area (TPSA) is 54.2 Å². The number of nitrogens with zero attached hydrogens (tertiary/aromatic N) is 4. The van der Waals surface area contributed by atoms with Crippen molar-refractivity contribution in [1.29, 1.82) is 0 Å². The largest absolute Gasteiger partial charge is 0.393 e. The molecule has 1 saturated carbocycles. The van der Waals surface area contributed by atoms with Crippen LogP contribution in [0.5, 0.6) is 0 Å². The first kappa shape index (κ1) is 11.2. The van der Waals surface area contributed by atoms with Crippen LogP contribution in [0.1, 0.15) is 25.6 Å². The van der Waals surface area contributed by atoms with Crippen LogP contribution < -0.4 is 0 Å². The van der Waals surface area contributed by atoms with Gasteiger partial charge in [-0.05, 0) is 25.7 Å². The number of hydrogen-bond acceptors (Lipinski definition) is 4. The van der Waals surface area contributed by atoms with Crippen molar-refractivity contribution >= 4 is 0 Å². The number of aromatic nitrogens is 3. The maximum absolute atomic E-state index is 9.88. The molecule has 1 aliphatic heterocycles. The Morgan fingerprint density at radius 1 is 1.41 bits per heavy atom. The van der Waals surface area contributed by atoms with Crippen LogP contribution in [-0.4, -0.2) is 44.0 Å². The minimum atomic E-state index is -0.0750. The molecule has 94 valence electrons. The zero-order chi connectivity index (χ0) is 11.8. The molecule has 0 spiro atoms. The third-order valence-electron chi connectivity index (χ3n) is 4.25. The van der Waals surface area contributed by atoms with Crippen LogP contribution in [0.25, 0.3) is 0 Å². The molecule has 5 heteroatoms. The van der Waals surface area contributed by atoms with Gasteiger partial charge in [0.1, 0.15) is 12.2 Å². The van der Waals surface area contributed by atoms with Gasteiger partial charge in [-0.1, -0.05) is 0 Å². The summed E-state index contributed by atoms with van der Waals surface area (Å²) in [6.45, 7) is 5.95. The minimum Gasteiger partial charge on any atom is -0.393 e. The summed E-state index contributed by atoms with van der Waals surface area (Å²) in [7, 11) is 0. The summed E-state index contributed by atoms with van der Waals surface area (Å²) in [5.41, 5.74) is 0. The van der Waals surface area contributed by atoms with Gasteiger partial charge in [-0.3, -0.25) is 4.90 Å². The second-order valence-corrected chi connectivity index (χ2v) is 5.25. The molecule has 1 aromatic rings. The number of aliphatic hydroxyl groups is 1. The molecule has 2 fully saturated rings. The molecule has 0 amide bonds. The van der Waals surface area contributed by atoms with Gasteiger partial charge >= 0.3 is 0 Å². The van der Waals surface area contributed by atoms with E-state index >= 15 is 0 Å². The predicted octanol–water partition coefficient (Wildman–Crippen LogP) is 0.501. The molecule has 1 aromatic heterocycles. The first-order valence-electron chi connectivity index (χ1n) is 6.55. The molecule has 0 bridgehead atoms. The van der Waals surface area contributed by atoms with Gasteiger partial charge in [0.05, 0.1) is 12.6 Å². The SMILES string of the molecule is CCn1ncnc1CN1CC2CCC(O)C2C1. The maximum Gasteiger partial charge on any atom is 0.140 e. The molecule has 3 atom stereocenters. The second-order valence-electron chi connectivity index (χ2n) is 5.25. The summed E-state index contributed by atoms with van der Waals surface area (Å²) in [6, 6.07) is 0. The number of aryl methyl sites for hydroxylation is 1. The monoisotopic (exact) mass is 236 g/mol. The summed E-state index contributed by atoms with van der Waals surface area (Å²) >= 11 is 0. The summed E-state index contributed by atoms with van der Waals surface area (Å²) in [4.78, 5) is 6.72. The Morgan fingerprint density at radius 3 is 3.06 bits per heavy atom. The van der Waals surface area contributed by atoms with E-state index in [9.17, 15) is 5.11 Å². The molecule has 3 rings (SSSR count). The lowest BCUT2D eigenvalue weighted by molar-refractivity contribution is 0.123. The third-order valence-corrected chi connectivity index (χ3v) is 4.25. The van der Waals surface area contributed by atoms with Crippen molar-refractivity contribution in [2.45, 2.75) is 39.0 Å². The molecule has 2 aliphatic rings. The van der Waals surface area contributed by atoms with Gasteiger partial charge in [-0.2, -0.15) is 5.10 Å². The number of fused-ring (bicyclic) bond motifs is 1. The third kappa shape index (κ3) is 1.98. The van der Waals surface area contributed by atoms with Crippen LogP contribution in [0.2, 0.25) is 0 Å². The van der Waals surface area contributed by atoms with E-state index in [1.54, 1.807) is 6.33 Å². The van der Waals surface area contributed by atoms with Gasteiger partial charge in [-0.25, -0.2) is 9.67 Å². The van der Waals surface area contributed by atoms with Crippen molar-refractivity contribution < 1.29 is 5.11 Å². The Bertz CT molecular complexity index is 392. The molecular formula is C12H20N4O. The van der Waals surface area contributed by atoms with E-state index < -0.39 is 0 Å². The summed E-state index contributed by atoms with van der Waals surface area (Å²) < 4.78 is 1.95. The van der Waals surface area contributed by atoms with Gasteiger partial charge in [-0.15, -0.1) is 0 Å². The average Bonchev–Trinajstić information content (AvgIpc) is 2.98. The van der Waals surface area contributed by atoms with Crippen LogP contribution in [0.3, 0.4) is 0 Å². The van der Waals surface area contributed by atoms with E-state index in [2.05, 4.69) is 21.9 Å². The van der Waals surface area contributed by atoms with Crippen molar-refractivity contribution in [3.63, 3.8) is 0 Å². The van der Waals surface area contributed by atoms with Crippen LogP contribution in [0.15, 0.2) is 6.33 Å². The lowest BCUT2D eigenvalue weighted by atomic mass is 10.00. The summed E-state index contributed by atoms with van der Waals surface area (Å²) in [6.07, 6.45) is 3.73. The van der Waals surface area contributed by atoms with E-state index in [-0.39, 0.29) is 6.10 Å². The zero-order valence-corrected chi connectivity index (χ0v) is 10.3. The van der Waals surface area contributed by atoms with Gasteiger partial charge in [0.15, 0.2) is 0 Å². The van der Waals surface area contributed by atoms with Gasteiger partial charge < -0.3 is 5.11 Å². The van der Waals surface area contributed by atoms with Crippen LogP contribution in [-0.2, 0) is 13.1 Å². The van der Waals surface area contributed by atoms with Crippen molar-refractivity contribution in [3.8, 4) is 0 Å². The lowest BCUT2D eigenvalue weighted by Gasteiger charge is -2.17. The number of aliphatic hydroxyl groups excluding tert-OH is 1. The predicted molar refractivity (Wildman–Crippen MR) is 63.2 cm³/mol. The molecule has 1 saturated heterocycles. The zero-order valence-electron chi connectivity index (χ0n) is 10.3. The fraction of sp³-hybridized carbons (Fsp3) is 0.833. The van der Waals surface area contributed by atoms with Crippen LogP contribution >= 0.6 is 0 Å². The minimum absolute atomic E-state index is 0.0750. The molecule has 1 N–H and O–H groups in total. The highest BCUT2D eigenvalue weighted by atomic mass is 16.3. The highest BCUT2D eigenvalue weighted by Gasteiger charge is 2.41. The second kappa shape index (κ2) is 4.38. The Hall–Kier alpha value is -0.940. The van der Waals surface area contributed by atoms with Crippen LogP contribution in [0.4, 0.5) is 0 Å². The van der Waals surface area contributed by atoms with E-state index in [0.717, 1.165) is 38.4 Å². The quantitative estimate of drug-likeness (QED) is 0.830. The fourth-order valence-electron chi connectivity index (χ4n) is 3.33. The Balaban J connectivity index is 1.64. The molecule has 5 nitrogen and oxygen atoms in total. The van der Waals surface area contributed by atoms with Gasteiger partial charge in [0.25, 0.3) is 0 Å². The Kier molecular flexibility index (Phi) is 2.88. The summed E-state index contributed by atoms with van der Waals surface area (Å²) in [5, 5.41) is 14.1. The standard InChI is InChI=1S/C12H20N4O/c1-2-16-12(13-8-14-16)7-15-5-9-3-4-11(17)10(9)6-15/h8-11,17H,2-7H2,1H3. The first-order chi connectivity index (χ1) is 8.28. The molecular weight excluding hydrogens is 216 g/mol. The van der Waals surface area contributed by atoms with E-state index in [0.29, 0.717) is 11.8 Å². The molecule has 0 radical (unpaired) electrons. The van der Waals surface area contributed by atoms with E-state index in [4.69, 9.17) is 0 Å². The average molecular weight is 236 g/mol. The van der Waals surface area contributed by atoms with E-state index in [1.165, 1.54) is 6.42 Å².